The Labute approximate surface area is 145 Å². The van der Waals surface area contributed by atoms with Crippen LogP contribution in [-0.2, 0) is 0 Å². The molecule has 3 aromatic rings. The van der Waals surface area contributed by atoms with Crippen molar-refractivity contribution in [1.82, 2.24) is 14.9 Å². The summed E-state index contributed by atoms with van der Waals surface area (Å²) in [4.78, 5) is 10.1. The number of likely N-dealkylation sites (N-methyl/N-ethyl adjacent to an activating group) is 1. The van der Waals surface area contributed by atoms with Gasteiger partial charge in [0.25, 0.3) is 0 Å². The van der Waals surface area contributed by atoms with E-state index in [-0.39, 0.29) is 11.6 Å². The number of rotatable bonds is 3. The molecule has 0 bridgehead atoms. The number of halogens is 1. The number of methoxy groups -OCH3 is 1. The van der Waals surface area contributed by atoms with Gasteiger partial charge >= 0.3 is 0 Å². The summed E-state index contributed by atoms with van der Waals surface area (Å²) in [7, 11) is 3.61. The van der Waals surface area contributed by atoms with E-state index in [9.17, 15) is 4.39 Å². The lowest BCUT2D eigenvalue weighted by Crippen LogP contribution is -2.23. The molecule has 0 amide bonds. The second-order valence-electron chi connectivity index (χ2n) is 6.37. The quantitative estimate of drug-likeness (QED) is 0.782. The molecule has 1 aromatic carbocycles. The highest BCUT2D eigenvalue weighted by Gasteiger charge is 2.17. The van der Waals surface area contributed by atoms with Crippen molar-refractivity contribution in [3.8, 4) is 16.9 Å². The van der Waals surface area contributed by atoms with E-state index in [0.29, 0.717) is 0 Å². The Morgan fingerprint density at radius 1 is 1.24 bits per heavy atom. The number of nitrogens with one attached hydrogen (secondary N) is 1. The van der Waals surface area contributed by atoms with E-state index in [0.717, 1.165) is 47.4 Å². The van der Waals surface area contributed by atoms with Gasteiger partial charge in [-0.3, -0.25) is 0 Å². The molecule has 0 spiro atoms. The van der Waals surface area contributed by atoms with Crippen molar-refractivity contribution >= 4 is 16.6 Å². The number of aromatic amines is 1. The molecular formula is C20H20FN3O. The fraction of sp³-hybridized carbons (Fsp3) is 0.250. The van der Waals surface area contributed by atoms with Crippen molar-refractivity contribution < 1.29 is 9.13 Å². The molecule has 25 heavy (non-hydrogen) atoms. The number of H-pyrrole nitrogens is 1. The number of hydrogen-bond donors (Lipinski definition) is 1. The van der Waals surface area contributed by atoms with E-state index in [2.05, 4.69) is 34.1 Å². The van der Waals surface area contributed by atoms with Crippen LogP contribution >= 0.6 is 0 Å². The summed E-state index contributed by atoms with van der Waals surface area (Å²) in [6.07, 6.45) is 4.99. The lowest BCUT2D eigenvalue weighted by atomic mass is 10.0. The Bertz CT molecular complexity index is 961. The summed E-state index contributed by atoms with van der Waals surface area (Å²) < 4.78 is 19.4. The number of nitrogens with zero attached hydrogens (tertiary/aromatic N) is 2. The van der Waals surface area contributed by atoms with Crippen LogP contribution in [0.15, 0.2) is 42.6 Å². The lowest BCUT2D eigenvalue weighted by Gasteiger charge is -2.21. The van der Waals surface area contributed by atoms with E-state index in [1.165, 1.54) is 18.7 Å². The van der Waals surface area contributed by atoms with E-state index in [4.69, 9.17) is 4.74 Å². The van der Waals surface area contributed by atoms with Crippen molar-refractivity contribution in [1.29, 1.82) is 0 Å². The van der Waals surface area contributed by atoms with Crippen LogP contribution in [0, 0.1) is 5.82 Å². The second-order valence-corrected chi connectivity index (χ2v) is 6.37. The van der Waals surface area contributed by atoms with Crippen molar-refractivity contribution in [2.45, 2.75) is 6.42 Å². The number of para-hydroxylation sites is 1. The zero-order chi connectivity index (χ0) is 17.4. The average Bonchev–Trinajstić information content (AvgIpc) is 3.06. The number of fused-ring (bicyclic) bond motifs is 1. The smallest absolute Gasteiger partial charge is 0.165 e. The standard InChI is InChI=1S/C20H20FN3O/c1-24-10-7-13(8-11-24)18-12-16-14(6-9-22-20(16)23-18)15-4-3-5-17(21)19(15)25-2/h3-7,9,12H,8,10-11H2,1-2H3,(H,22,23). The Hall–Kier alpha value is -2.66. The average molecular weight is 337 g/mol. The van der Waals surface area contributed by atoms with Crippen LogP contribution in [0.3, 0.4) is 0 Å². The zero-order valence-corrected chi connectivity index (χ0v) is 14.3. The molecule has 2 aromatic heterocycles. The van der Waals surface area contributed by atoms with E-state index < -0.39 is 0 Å². The van der Waals surface area contributed by atoms with Crippen LogP contribution in [0.25, 0.3) is 27.7 Å². The van der Waals surface area contributed by atoms with Crippen LogP contribution in [0.2, 0.25) is 0 Å². The Balaban J connectivity index is 1.85. The first-order valence-electron chi connectivity index (χ1n) is 8.36. The predicted octanol–water partition coefficient (Wildman–Crippen LogP) is 4.10. The number of aromatic nitrogens is 2. The number of pyridine rings is 1. The van der Waals surface area contributed by atoms with Crippen molar-refractivity contribution in [3.05, 3.63) is 54.1 Å². The SMILES string of the molecule is COc1c(F)cccc1-c1ccnc2[nH]c(C3=CCN(C)CC3)cc12. The fourth-order valence-electron chi connectivity index (χ4n) is 3.38. The molecule has 3 heterocycles. The Kier molecular flexibility index (Phi) is 4.01. The summed E-state index contributed by atoms with van der Waals surface area (Å²) in [5, 5.41) is 0.973. The molecule has 1 N–H and O–H groups in total. The number of ether oxygens (including phenoxy) is 1. The molecule has 5 heteroatoms. The second kappa shape index (κ2) is 6.33. The van der Waals surface area contributed by atoms with Gasteiger partial charge in [-0.25, -0.2) is 9.37 Å². The van der Waals surface area contributed by atoms with Crippen LogP contribution in [-0.4, -0.2) is 42.1 Å². The summed E-state index contributed by atoms with van der Waals surface area (Å²) in [5.74, 6) is -0.102. The maximum absolute atomic E-state index is 14.1. The molecule has 0 aliphatic carbocycles. The largest absolute Gasteiger partial charge is 0.493 e. The predicted molar refractivity (Wildman–Crippen MR) is 98.1 cm³/mol. The highest BCUT2D eigenvalue weighted by atomic mass is 19.1. The monoisotopic (exact) mass is 337 g/mol. The lowest BCUT2D eigenvalue weighted by molar-refractivity contribution is 0.370. The molecule has 0 unspecified atom stereocenters. The molecule has 1 aliphatic rings. The van der Waals surface area contributed by atoms with Crippen molar-refractivity contribution in [3.63, 3.8) is 0 Å². The van der Waals surface area contributed by atoms with Gasteiger partial charge in [0.05, 0.1) is 7.11 Å². The third-order valence-electron chi connectivity index (χ3n) is 4.75. The topological polar surface area (TPSA) is 41.1 Å². The van der Waals surface area contributed by atoms with Crippen molar-refractivity contribution in [2.24, 2.45) is 0 Å². The van der Waals surface area contributed by atoms with Crippen LogP contribution in [0.1, 0.15) is 12.1 Å². The van der Waals surface area contributed by atoms with Gasteiger partial charge in [0, 0.05) is 35.9 Å². The van der Waals surface area contributed by atoms with Crippen LogP contribution in [0.5, 0.6) is 5.75 Å². The first kappa shape index (κ1) is 15.8. The third kappa shape index (κ3) is 2.81. The van der Waals surface area contributed by atoms with Gasteiger partial charge in [0.15, 0.2) is 11.6 Å². The fourth-order valence-corrected chi connectivity index (χ4v) is 3.38. The van der Waals surface area contributed by atoms with Gasteiger partial charge in [0.2, 0.25) is 0 Å². The molecule has 0 fully saturated rings. The van der Waals surface area contributed by atoms with E-state index in [1.807, 2.05) is 12.1 Å². The minimum absolute atomic E-state index is 0.260. The van der Waals surface area contributed by atoms with Gasteiger partial charge in [-0.2, -0.15) is 0 Å². The molecule has 1 aliphatic heterocycles. The van der Waals surface area contributed by atoms with Crippen molar-refractivity contribution in [2.75, 3.05) is 27.2 Å². The van der Waals surface area contributed by atoms with Gasteiger partial charge in [-0.15, -0.1) is 0 Å². The minimum atomic E-state index is -0.362. The van der Waals surface area contributed by atoms with Crippen LogP contribution < -0.4 is 4.74 Å². The highest BCUT2D eigenvalue weighted by Crippen LogP contribution is 2.37. The maximum Gasteiger partial charge on any atom is 0.165 e. The molecule has 4 nitrogen and oxygen atoms in total. The first-order valence-corrected chi connectivity index (χ1v) is 8.36. The summed E-state index contributed by atoms with van der Waals surface area (Å²) in [6, 6.07) is 9.00. The maximum atomic E-state index is 14.1. The van der Waals surface area contributed by atoms with E-state index in [1.54, 1.807) is 12.3 Å². The molecule has 4 rings (SSSR count). The molecule has 128 valence electrons. The Morgan fingerprint density at radius 2 is 2.12 bits per heavy atom. The first-order chi connectivity index (χ1) is 12.2. The molecule has 0 atom stereocenters. The molecule has 0 saturated heterocycles. The summed E-state index contributed by atoms with van der Waals surface area (Å²) in [5.41, 5.74) is 4.83. The Morgan fingerprint density at radius 3 is 2.88 bits per heavy atom. The zero-order valence-electron chi connectivity index (χ0n) is 14.3. The number of benzene rings is 1. The van der Waals surface area contributed by atoms with Gasteiger partial charge < -0.3 is 14.6 Å². The van der Waals surface area contributed by atoms with Gasteiger partial charge in [0.1, 0.15) is 5.65 Å². The summed E-state index contributed by atoms with van der Waals surface area (Å²) in [6.45, 7) is 1.99. The highest BCUT2D eigenvalue weighted by molar-refractivity contribution is 5.96. The molecule has 0 saturated carbocycles. The number of hydrogen-bond acceptors (Lipinski definition) is 3. The van der Waals surface area contributed by atoms with E-state index >= 15 is 0 Å². The third-order valence-corrected chi connectivity index (χ3v) is 4.75. The normalized spacial score (nSPS) is 15.4. The van der Waals surface area contributed by atoms with Gasteiger partial charge in [-0.1, -0.05) is 18.2 Å². The molecular weight excluding hydrogens is 317 g/mol. The minimum Gasteiger partial charge on any atom is -0.493 e. The van der Waals surface area contributed by atoms with Gasteiger partial charge in [-0.05, 0) is 42.8 Å². The molecule has 0 radical (unpaired) electrons. The summed E-state index contributed by atoms with van der Waals surface area (Å²) >= 11 is 0. The van der Waals surface area contributed by atoms with Crippen LogP contribution in [0.4, 0.5) is 4.39 Å².